The summed E-state index contributed by atoms with van der Waals surface area (Å²) in [5, 5.41) is 0. The molecule has 0 atom stereocenters. The maximum atomic E-state index is 5.53. The Kier molecular flexibility index (Phi) is 2.21. The van der Waals surface area contributed by atoms with Gasteiger partial charge in [-0.2, -0.15) is 0 Å². The summed E-state index contributed by atoms with van der Waals surface area (Å²) in [6, 6.07) is 2.37. The standard InChI is InChI=1S/C10H14N4/c1-7(2)14-6-13-9-3-8(4-11)5-12-10(9)14/h3,5-7H,4,11H2,1-2H3. The van der Waals surface area contributed by atoms with Gasteiger partial charge in [-0.1, -0.05) is 0 Å². The predicted molar refractivity (Wildman–Crippen MR) is 55.8 cm³/mol. The Morgan fingerprint density at radius 2 is 2.21 bits per heavy atom. The molecule has 74 valence electrons. The molecule has 0 saturated heterocycles. The van der Waals surface area contributed by atoms with Gasteiger partial charge in [0.1, 0.15) is 5.52 Å². The lowest BCUT2D eigenvalue weighted by atomic mass is 10.3. The second-order valence-electron chi connectivity index (χ2n) is 3.64. The van der Waals surface area contributed by atoms with Crippen LogP contribution < -0.4 is 5.73 Å². The van der Waals surface area contributed by atoms with Crippen LogP contribution in [-0.2, 0) is 6.54 Å². The molecule has 0 aliphatic rings. The third-order valence-corrected chi connectivity index (χ3v) is 2.26. The van der Waals surface area contributed by atoms with Crippen molar-refractivity contribution in [1.29, 1.82) is 0 Å². The number of nitrogens with zero attached hydrogens (tertiary/aromatic N) is 3. The fraction of sp³-hybridized carbons (Fsp3) is 0.400. The van der Waals surface area contributed by atoms with Crippen LogP contribution in [0.2, 0.25) is 0 Å². The van der Waals surface area contributed by atoms with Crippen molar-refractivity contribution in [2.45, 2.75) is 26.4 Å². The Morgan fingerprint density at radius 1 is 1.43 bits per heavy atom. The average Bonchev–Trinajstić information content (AvgIpc) is 2.59. The lowest BCUT2D eigenvalue weighted by Crippen LogP contribution is -2.01. The van der Waals surface area contributed by atoms with E-state index in [0.29, 0.717) is 12.6 Å². The largest absolute Gasteiger partial charge is 0.326 e. The second kappa shape index (κ2) is 3.38. The highest BCUT2D eigenvalue weighted by atomic mass is 15.1. The molecule has 14 heavy (non-hydrogen) atoms. The van der Waals surface area contributed by atoms with Crippen LogP contribution in [0, 0.1) is 0 Å². The Hall–Kier alpha value is -1.42. The molecule has 2 aromatic heterocycles. The molecular formula is C10H14N4. The van der Waals surface area contributed by atoms with Crippen molar-refractivity contribution >= 4 is 11.2 Å². The summed E-state index contributed by atoms with van der Waals surface area (Å²) in [4.78, 5) is 8.65. The van der Waals surface area contributed by atoms with Gasteiger partial charge >= 0.3 is 0 Å². The van der Waals surface area contributed by atoms with Crippen LogP contribution >= 0.6 is 0 Å². The fourth-order valence-corrected chi connectivity index (χ4v) is 1.45. The lowest BCUT2D eigenvalue weighted by Gasteiger charge is -2.06. The van der Waals surface area contributed by atoms with Crippen molar-refractivity contribution < 1.29 is 0 Å². The van der Waals surface area contributed by atoms with Crippen LogP contribution in [0.4, 0.5) is 0 Å². The molecule has 2 rings (SSSR count). The molecule has 0 aliphatic carbocycles. The molecule has 4 heteroatoms. The van der Waals surface area contributed by atoms with E-state index < -0.39 is 0 Å². The van der Waals surface area contributed by atoms with Crippen molar-refractivity contribution in [2.24, 2.45) is 5.73 Å². The van der Waals surface area contributed by atoms with Gasteiger partial charge in [-0.05, 0) is 25.5 Å². The first-order valence-corrected chi connectivity index (χ1v) is 4.74. The highest BCUT2D eigenvalue weighted by Crippen LogP contribution is 2.15. The molecule has 0 aromatic carbocycles. The first-order chi connectivity index (χ1) is 6.72. The Morgan fingerprint density at radius 3 is 2.86 bits per heavy atom. The zero-order chi connectivity index (χ0) is 10.1. The topological polar surface area (TPSA) is 56.7 Å². The molecule has 0 unspecified atom stereocenters. The summed E-state index contributed by atoms with van der Waals surface area (Å²) < 4.78 is 2.05. The van der Waals surface area contributed by atoms with Gasteiger partial charge in [0.25, 0.3) is 0 Å². The maximum Gasteiger partial charge on any atom is 0.160 e. The fourth-order valence-electron chi connectivity index (χ4n) is 1.45. The second-order valence-corrected chi connectivity index (χ2v) is 3.64. The zero-order valence-corrected chi connectivity index (χ0v) is 8.44. The van der Waals surface area contributed by atoms with Gasteiger partial charge in [-0.3, -0.25) is 0 Å². The smallest absolute Gasteiger partial charge is 0.160 e. The molecule has 0 amide bonds. The van der Waals surface area contributed by atoms with Gasteiger partial charge in [0.05, 0.1) is 6.33 Å². The van der Waals surface area contributed by atoms with Gasteiger partial charge in [-0.25, -0.2) is 9.97 Å². The summed E-state index contributed by atoms with van der Waals surface area (Å²) in [5.41, 5.74) is 8.40. The Balaban J connectivity index is 2.59. The number of imidazole rings is 1. The predicted octanol–water partition coefficient (Wildman–Crippen LogP) is 1.47. The average molecular weight is 190 g/mol. The number of hydrogen-bond acceptors (Lipinski definition) is 3. The number of hydrogen-bond donors (Lipinski definition) is 1. The summed E-state index contributed by atoms with van der Waals surface area (Å²) in [7, 11) is 0. The van der Waals surface area contributed by atoms with Crippen LogP contribution in [0.3, 0.4) is 0 Å². The highest BCUT2D eigenvalue weighted by molar-refractivity contribution is 5.71. The molecule has 0 radical (unpaired) electrons. The highest BCUT2D eigenvalue weighted by Gasteiger charge is 2.06. The van der Waals surface area contributed by atoms with Crippen molar-refractivity contribution in [3.63, 3.8) is 0 Å². The summed E-state index contributed by atoms with van der Waals surface area (Å²) >= 11 is 0. The van der Waals surface area contributed by atoms with Crippen molar-refractivity contribution in [3.8, 4) is 0 Å². The van der Waals surface area contributed by atoms with Gasteiger partial charge in [0, 0.05) is 18.8 Å². The number of pyridine rings is 1. The molecule has 2 heterocycles. The van der Waals surface area contributed by atoms with E-state index in [2.05, 4.69) is 28.4 Å². The third-order valence-electron chi connectivity index (χ3n) is 2.26. The van der Waals surface area contributed by atoms with E-state index in [1.54, 1.807) is 0 Å². The van der Waals surface area contributed by atoms with E-state index in [4.69, 9.17) is 5.73 Å². The number of fused-ring (bicyclic) bond motifs is 1. The van der Waals surface area contributed by atoms with E-state index in [0.717, 1.165) is 16.7 Å². The van der Waals surface area contributed by atoms with Gasteiger partial charge in [-0.15, -0.1) is 0 Å². The van der Waals surface area contributed by atoms with Crippen LogP contribution in [0.5, 0.6) is 0 Å². The SMILES string of the molecule is CC(C)n1cnc2cc(CN)cnc21. The minimum atomic E-state index is 0.385. The minimum Gasteiger partial charge on any atom is -0.326 e. The summed E-state index contributed by atoms with van der Waals surface area (Å²) in [5.74, 6) is 0. The lowest BCUT2D eigenvalue weighted by molar-refractivity contribution is 0.613. The van der Waals surface area contributed by atoms with Gasteiger partial charge in [0.15, 0.2) is 5.65 Å². The third kappa shape index (κ3) is 1.37. The molecule has 0 spiro atoms. The van der Waals surface area contributed by atoms with Crippen molar-refractivity contribution in [2.75, 3.05) is 0 Å². The molecule has 4 nitrogen and oxygen atoms in total. The Bertz CT molecular complexity index is 444. The molecule has 0 bridgehead atoms. The minimum absolute atomic E-state index is 0.385. The monoisotopic (exact) mass is 190 g/mol. The summed E-state index contributed by atoms with van der Waals surface area (Å²) in [6.07, 6.45) is 3.63. The van der Waals surface area contributed by atoms with Crippen molar-refractivity contribution in [3.05, 3.63) is 24.2 Å². The van der Waals surface area contributed by atoms with Gasteiger partial charge in [0.2, 0.25) is 0 Å². The van der Waals surface area contributed by atoms with Crippen LogP contribution in [0.1, 0.15) is 25.5 Å². The molecular weight excluding hydrogens is 176 g/mol. The molecule has 2 aromatic rings. The van der Waals surface area contributed by atoms with E-state index in [9.17, 15) is 0 Å². The number of aromatic nitrogens is 3. The van der Waals surface area contributed by atoms with Crippen LogP contribution in [-0.4, -0.2) is 14.5 Å². The Labute approximate surface area is 82.8 Å². The number of nitrogens with two attached hydrogens (primary N) is 1. The van der Waals surface area contributed by atoms with Crippen LogP contribution in [0.15, 0.2) is 18.6 Å². The quantitative estimate of drug-likeness (QED) is 0.780. The van der Waals surface area contributed by atoms with Crippen LogP contribution in [0.25, 0.3) is 11.2 Å². The summed E-state index contributed by atoms with van der Waals surface area (Å²) in [6.45, 7) is 4.73. The van der Waals surface area contributed by atoms with E-state index in [-0.39, 0.29) is 0 Å². The van der Waals surface area contributed by atoms with Gasteiger partial charge < -0.3 is 10.3 Å². The van der Waals surface area contributed by atoms with E-state index >= 15 is 0 Å². The van der Waals surface area contributed by atoms with E-state index in [1.807, 2.05) is 18.6 Å². The molecule has 0 fully saturated rings. The maximum absolute atomic E-state index is 5.53. The molecule has 0 aliphatic heterocycles. The molecule has 2 N–H and O–H groups in total. The first-order valence-electron chi connectivity index (χ1n) is 4.74. The first kappa shape index (κ1) is 9.15. The molecule has 0 saturated carbocycles. The zero-order valence-electron chi connectivity index (χ0n) is 8.44. The van der Waals surface area contributed by atoms with Crippen molar-refractivity contribution in [1.82, 2.24) is 14.5 Å². The van der Waals surface area contributed by atoms with E-state index in [1.165, 1.54) is 0 Å². The normalized spacial score (nSPS) is 11.4. The number of rotatable bonds is 2.